The van der Waals surface area contributed by atoms with Crippen LogP contribution in [0.3, 0.4) is 0 Å². The van der Waals surface area contributed by atoms with Gasteiger partial charge in [-0.25, -0.2) is 0 Å². The summed E-state index contributed by atoms with van der Waals surface area (Å²) in [7, 11) is 0. The molecule has 226 valence electrons. The zero-order valence-electron chi connectivity index (χ0n) is 24.3. The van der Waals surface area contributed by atoms with Gasteiger partial charge in [0.05, 0.1) is 18.2 Å². The Balaban J connectivity index is 1.39. The van der Waals surface area contributed by atoms with E-state index in [0.717, 1.165) is 12.0 Å². The fraction of sp³-hybridized carbons (Fsp3) is 0.273. The standard InChI is InChI=1S/C33H31N3O6S2/c1-20(2)13-14-40-24-10-6-9-22(17-24)28-27(29(37)23-11-12-25-26(18-23)42-16-15-41-25)30(38)31(39)36(28)32-34-35-33(44-32)43-19-21-7-4-3-5-8-21/h3-12,17-18,20,28,37H,13-16,19H2,1-2H3/t28-/m1/s1. The number of carbonyl (C=O) groups is 2. The van der Waals surface area contributed by atoms with Crippen LogP contribution in [-0.2, 0) is 15.3 Å². The molecule has 1 amide bonds. The summed E-state index contributed by atoms with van der Waals surface area (Å²) >= 11 is 2.72. The number of anilines is 1. The Morgan fingerprint density at radius 3 is 2.61 bits per heavy atom. The van der Waals surface area contributed by atoms with Crippen molar-refractivity contribution in [2.24, 2.45) is 5.92 Å². The Morgan fingerprint density at radius 2 is 1.82 bits per heavy atom. The molecule has 0 radical (unpaired) electrons. The number of hydrogen-bond acceptors (Lipinski definition) is 10. The summed E-state index contributed by atoms with van der Waals surface area (Å²) in [4.78, 5) is 28.7. The molecule has 3 heterocycles. The van der Waals surface area contributed by atoms with Crippen LogP contribution >= 0.6 is 23.1 Å². The van der Waals surface area contributed by atoms with Crippen molar-refractivity contribution in [1.29, 1.82) is 0 Å². The van der Waals surface area contributed by atoms with Gasteiger partial charge in [-0.05, 0) is 53.8 Å². The lowest BCUT2D eigenvalue weighted by atomic mass is 9.95. The molecule has 1 aromatic heterocycles. The third-order valence-electron chi connectivity index (χ3n) is 7.20. The first-order valence-corrected chi connectivity index (χ1v) is 16.1. The van der Waals surface area contributed by atoms with Gasteiger partial charge >= 0.3 is 5.91 Å². The number of rotatable bonds is 10. The zero-order valence-corrected chi connectivity index (χ0v) is 25.9. The number of carbonyl (C=O) groups excluding carboxylic acids is 2. The van der Waals surface area contributed by atoms with Crippen molar-refractivity contribution in [3.8, 4) is 17.2 Å². The Hall–Kier alpha value is -4.35. The molecule has 1 saturated heterocycles. The number of hydrogen-bond donors (Lipinski definition) is 1. The lowest BCUT2D eigenvalue weighted by Crippen LogP contribution is -2.29. The van der Waals surface area contributed by atoms with Gasteiger partial charge in [0.2, 0.25) is 5.13 Å². The number of ether oxygens (including phenoxy) is 3. The maximum Gasteiger partial charge on any atom is 0.301 e. The van der Waals surface area contributed by atoms with Crippen LogP contribution in [0.15, 0.2) is 82.7 Å². The molecule has 2 aliphatic heterocycles. The van der Waals surface area contributed by atoms with Crippen LogP contribution in [0, 0.1) is 5.92 Å². The topological polar surface area (TPSA) is 111 Å². The number of nitrogens with zero attached hydrogens (tertiary/aromatic N) is 3. The minimum atomic E-state index is -0.961. The molecule has 44 heavy (non-hydrogen) atoms. The highest BCUT2D eigenvalue weighted by atomic mass is 32.2. The summed E-state index contributed by atoms with van der Waals surface area (Å²) in [6.07, 6.45) is 0.876. The number of thioether (sulfide) groups is 1. The molecule has 9 nitrogen and oxygen atoms in total. The van der Waals surface area contributed by atoms with E-state index < -0.39 is 17.7 Å². The van der Waals surface area contributed by atoms with Crippen molar-refractivity contribution < 1.29 is 28.9 Å². The molecular formula is C33H31N3O6S2. The number of benzene rings is 3. The average Bonchev–Trinajstić information content (AvgIpc) is 3.61. The predicted octanol–water partition coefficient (Wildman–Crippen LogP) is 6.65. The average molecular weight is 630 g/mol. The third-order valence-corrected chi connectivity index (χ3v) is 9.33. The summed E-state index contributed by atoms with van der Waals surface area (Å²) in [5.74, 6) is 0.825. The first kappa shape index (κ1) is 29.7. The maximum atomic E-state index is 13.7. The Kier molecular flexibility index (Phi) is 8.85. The summed E-state index contributed by atoms with van der Waals surface area (Å²) in [5.41, 5.74) is 2.00. The van der Waals surface area contributed by atoms with Crippen molar-refractivity contribution in [2.75, 3.05) is 24.7 Å². The SMILES string of the molecule is CC(C)CCOc1cccc([C@@H]2C(=C(O)c3ccc4c(c3)OCCO4)C(=O)C(=O)N2c2nnc(SCc3ccccc3)s2)c1. The van der Waals surface area contributed by atoms with Crippen LogP contribution < -0.4 is 19.1 Å². The van der Waals surface area contributed by atoms with Crippen LogP contribution in [0.25, 0.3) is 5.76 Å². The summed E-state index contributed by atoms with van der Waals surface area (Å²) in [5, 5.41) is 20.5. The van der Waals surface area contributed by atoms with Crippen molar-refractivity contribution in [2.45, 2.75) is 36.4 Å². The van der Waals surface area contributed by atoms with E-state index >= 15 is 0 Å². The predicted molar refractivity (Wildman–Crippen MR) is 170 cm³/mol. The van der Waals surface area contributed by atoms with Crippen LogP contribution in [0.5, 0.6) is 17.2 Å². The van der Waals surface area contributed by atoms with Crippen LogP contribution in [0.2, 0.25) is 0 Å². The Morgan fingerprint density at radius 1 is 1.02 bits per heavy atom. The number of Topliss-reactive ketones (excluding diaryl/α,β-unsaturated/α-hetero) is 1. The molecule has 0 spiro atoms. The van der Waals surface area contributed by atoms with E-state index in [1.807, 2.05) is 48.5 Å². The van der Waals surface area contributed by atoms with Gasteiger partial charge in [-0.15, -0.1) is 10.2 Å². The van der Waals surface area contributed by atoms with Gasteiger partial charge in [0.1, 0.15) is 24.7 Å². The van der Waals surface area contributed by atoms with E-state index in [4.69, 9.17) is 14.2 Å². The van der Waals surface area contributed by atoms with Gasteiger partial charge in [0, 0.05) is 11.3 Å². The van der Waals surface area contributed by atoms with E-state index in [-0.39, 0.29) is 16.5 Å². The van der Waals surface area contributed by atoms with Crippen molar-refractivity contribution in [3.63, 3.8) is 0 Å². The molecule has 0 bridgehead atoms. The number of aliphatic hydroxyl groups excluding tert-OH is 1. The zero-order chi connectivity index (χ0) is 30.6. The van der Waals surface area contributed by atoms with Crippen LogP contribution in [0.1, 0.15) is 43.0 Å². The molecule has 1 N–H and O–H groups in total. The smallest absolute Gasteiger partial charge is 0.301 e. The van der Waals surface area contributed by atoms with E-state index in [0.29, 0.717) is 64.2 Å². The Labute approximate surface area is 263 Å². The molecule has 4 aromatic rings. The second-order valence-electron chi connectivity index (χ2n) is 10.8. The number of aromatic nitrogens is 2. The minimum Gasteiger partial charge on any atom is -0.507 e. The summed E-state index contributed by atoms with van der Waals surface area (Å²) in [6, 6.07) is 21.2. The number of amides is 1. The van der Waals surface area contributed by atoms with Gasteiger partial charge in [-0.2, -0.15) is 0 Å². The molecule has 3 aromatic carbocycles. The van der Waals surface area contributed by atoms with Crippen molar-refractivity contribution in [1.82, 2.24) is 10.2 Å². The molecule has 0 aliphatic carbocycles. The lowest BCUT2D eigenvalue weighted by molar-refractivity contribution is -0.132. The molecule has 1 atom stereocenters. The molecular weight excluding hydrogens is 599 g/mol. The highest BCUT2D eigenvalue weighted by Crippen LogP contribution is 2.45. The second-order valence-corrected chi connectivity index (χ2v) is 12.9. The monoisotopic (exact) mass is 629 g/mol. The Bertz CT molecular complexity index is 1700. The molecule has 2 aliphatic rings. The highest BCUT2D eigenvalue weighted by molar-refractivity contribution is 8.00. The minimum absolute atomic E-state index is 0.0558. The van der Waals surface area contributed by atoms with E-state index in [1.54, 1.807) is 24.3 Å². The van der Waals surface area contributed by atoms with Gasteiger partial charge < -0.3 is 19.3 Å². The first-order chi connectivity index (χ1) is 21.4. The quantitative estimate of drug-likeness (QED) is 0.0677. The number of fused-ring (bicyclic) bond motifs is 1. The third kappa shape index (κ3) is 6.29. The van der Waals surface area contributed by atoms with Gasteiger partial charge in [0.15, 0.2) is 15.8 Å². The molecule has 0 unspecified atom stereocenters. The van der Waals surface area contributed by atoms with Gasteiger partial charge in [-0.3, -0.25) is 14.5 Å². The van der Waals surface area contributed by atoms with E-state index in [9.17, 15) is 14.7 Å². The van der Waals surface area contributed by atoms with E-state index in [2.05, 4.69) is 24.0 Å². The normalized spacial score (nSPS) is 17.3. The summed E-state index contributed by atoms with van der Waals surface area (Å²) < 4.78 is 18.0. The van der Waals surface area contributed by atoms with Crippen molar-refractivity contribution in [3.05, 3.63) is 95.1 Å². The van der Waals surface area contributed by atoms with Crippen molar-refractivity contribution >= 4 is 45.7 Å². The fourth-order valence-corrected chi connectivity index (χ4v) is 6.78. The highest BCUT2D eigenvalue weighted by Gasteiger charge is 2.48. The molecule has 6 rings (SSSR count). The van der Waals surface area contributed by atoms with Gasteiger partial charge in [0.25, 0.3) is 5.78 Å². The molecule has 0 saturated carbocycles. The molecule has 11 heteroatoms. The van der Waals surface area contributed by atoms with Crippen LogP contribution in [0.4, 0.5) is 5.13 Å². The van der Waals surface area contributed by atoms with E-state index in [1.165, 1.54) is 28.0 Å². The van der Waals surface area contributed by atoms with Crippen LogP contribution in [-0.4, -0.2) is 46.8 Å². The first-order valence-electron chi connectivity index (χ1n) is 14.3. The summed E-state index contributed by atoms with van der Waals surface area (Å²) in [6.45, 7) is 5.56. The number of ketones is 1. The maximum absolute atomic E-state index is 13.7. The number of aliphatic hydroxyl groups is 1. The fourth-order valence-electron chi connectivity index (χ4n) is 4.96. The van der Waals surface area contributed by atoms with Gasteiger partial charge in [-0.1, -0.05) is 79.4 Å². The lowest BCUT2D eigenvalue weighted by Gasteiger charge is -2.23. The second kappa shape index (κ2) is 13.1. The molecule has 1 fully saturated rings. The largest absolute Gasteiger partial charge is 0.507 e.